The highest BCUT2D eigenvalue weighted by Crippen LogP contribution is 2.39. The van der Waals surface area contributed by atoms with Gasteiger partial charge in [-0.2, -0.15) is 0 Å². The minimum Gasteiger partial charge on any atom is -0.354 e. The van der Waals surface area contributed by atoms with E-state index in [0.29, 0.717) is 0 Å². The van der Waals surface area contributed by atoms with Crippen LogP contribution in [0.15, 0.2) is 46.9 Å². The van der Waals surface area contributed by atoms with Gasteiger partial charge in [-0.25, -0.2) is 0 Å². The molecule has 0 spiro atoms. The number of hydrogen-bond acceptors (Lipinski definition) is 3. The molecule has 2 aromatic carbocycles. The predicted molar refractivity (Wildman–Crippen MR) is 87.2 cm³/mol. The maximum atomic E-state index is 11.0. The first-order valence-corrected chi connectivity index (χ1v) is 7.59. The van der Waals surface area contributed by atoms with Gasteiger partial charge in [-0.15, -0.1) is 0 Å². The minimum atomic E-state index is -0.593. The van der Waals surface area contributed by atoms with Crippen molar-refractivity contribution in [2.45, 2.75) is 25.7 Å². The molecule has 4 heteroatoms. The maximum Gasteiger partial charge on any atom is 0.185 e. The molecule has 0 radical (unpaired) electrons. The lowest BCUT2D eigenvalue weighted by atomic mass is 9.91. The molecule has 0 saturated carbocycles. The van der Waals surface area contributed by atoms with E-state index in [1.165, 1.54) is 0 Å². The molecular weight excluding hydrogens is 330 g/mol. The molecular formula is C17H16BrNO2. The molecule has 2 aromatic rings. The van der Waals surface area contributed by atoms with Gasteiger partial charge in [-0.05, 0) is 49.2 Å². The van der Waals surface area contributed by atoms with Crippen molar-refractivity contribution in [3.8, 4) is 11.1 Å². The predicted octanol–water partition coefficient (Wildman–Crippen LogP) is 4.32. The molecule has 1 heterocycles. The molecule has 0 aliphatic carbocycles. The highest BCUT2D eigenvalue weighted by molar-refractivity contribution is 9.10. The first-order valence-electron chi connectivity index (χ1n) is 6.80. The Labute approximate surface area is 132 Å². The number of carbonyl (C=O) groups excluding carboxylic acids is 1. The molecule has 0 fully saturated rings. The van der Waals surface area contributed by atoms with Crippen LogP contribution in [0.1, 0.15) is 19.4 Å². The van der Waals surface area contributed by atoms with E-state index >= 15 is 0 Å². The number of nitrogens with one attached hydrogen (secondary N) is 1. The second-order valence-electron chi connectivity index (χ2n) is 5.60. The molecule has 3 rings (SSSR count). The average molecular weight is 346 g/mol. The Balaban J connectivity index is 2.07. The van der Waals surface area contributed by atoms with E-state index in [-0.39, 0.29) is 0 Å². The van der Waals surface area contributed by atoms with Gasteiger partial charge in [0.15, 0.2) is 12.5 Å². The van der Waals surface area contributed by atoms with E-state index in [1.54, 1.807) is 0 Å². The summed E-state index contributed by atoms with van der Waals surface area (Å²) >= 11 is 3.50. The Kier molecular flexibility index (Phi) is 3.59. The third-order valence-corrected chi connectivity index (χ3v) is 4.16. The van der Waals surface area contributed by atoms with Crippen LogP contribution in [0, 0.1) is 0 Å². The Morgan fingerprint density at radius 3 is 2.67 bits per heavy atom. The zero-order valence-electron chi connectivity index (χ0n) is 11.9. The number of carbonyl (C=O) groups is 1. The monoisotopic (exact) mass is 345 g/mol. The van der Waals surface area contributed by atoms with Gasteiger partial charge in [0.2, 0.25) is 0 Å². The Morgan fingerprint density at radius 1 is 1.19 bits per heavy atom. The van der Waals surface area contributed by atoms with Crippen LogP contribution in [-0.2, 0) is 15.1 Å². The Morgan fingerprint density at radius 2 is 1.95 bits per heavy atom. The van der Waals surface area contributed by atoms with E-state index in [1.807, 2.05) is 32.0 Å². The standard InChI is InChI=1S/C17H16BrNO2/c1-17(2)14-9-12(11-4-3-5-13(18)8-11)6-7-15(14)19-16(10-20)21-17/h3-10,16,19H,1-2H3. The second-order valence-corrected chi connectivity index (χ2v) is 6.52. The Bertz CT molecular complexity index is 697. The number of rotatable bonds is 2. The van der Waals surface area contributed by atoms with Gasteiger partial charge in [0.05, 0.1) is 5.60 Å². The first-order chi connectivity index (χ1) is 9.99. The smallest absolute Gasteiger partial charge is 0.185 e. The highest BCUT2D eigenvalue weighted by Gasteiger charge is 2.33. The summed E-state index contributed by atoms with van der Waals surface area (Å²) in [5.41, 5.74) is 3.76. The lowest BCUT2D eigenvalue weighted by molar-refractivity contribution is -0.128. The number of hydrogen-bond donors (Lipinski definition) is 1. The molecule has 1 aliphatic rings. The molecule has 1 N–H and O–H groups in total. The van der Waals surface area contributed by atoms with Crippen LogP contribution in [0.25, 0.3) is 11.1 Å². The fourth-order valence-corrected chi connectivity index (χ4v) is 3.04. The van der Waals surface area contributed by atoms with Crippen LogP contribution in [0.4, 0.5) is 5.69 Å². The SMILES string of the molecule is CC1(C)OC(C=O)Nc2ccc(-c3cccc(Br)c3)cc21. The van der Waals surface area contributed by atoms with Gasteiger partial charge < -0.3 is 10.1 Å². The second kappa shape index (κ2) is 5.28. The fraction of sp³-hybridized carbons (Fsp3) is 0.235. The number of aldehydes is 1. The summed E-state index contributed by atoms with van der Waals surface area (Å²) in [5.74, 6) is 0. The van der Waals surface area contributed by atoms with Crippen molar-refractivity contribution in [3.63, 3.8) is 0 Å². The Hall–Kier alpha value is -1.65. The lowest BCUT2D eigenvalue weighted by Gasteiger charge is -2.37. The van der Waals surface area contributed by atoms with E-state index in [0.717, 1.165) is 33.1 Å². The van der Waals surface area contributed by atoms with E-state index in [9.17, 15) is 4.79 Å². The molecule has 1 atom stereocenters. The highest BCUT2D eigenvalue weighted by atomic mass is 79.9. The summed E-state index contributed by atoms with van der Waals surface area (Å²) in [4.78, 5) is 11.0. The summed E-state index contributed by atoms with van der Waals surface area (Å²) in [5, 5.41) is 3.09. The van der Waals surface area contributed by atoms with Gasteiger partial charge in [0.1, 0.15) is 0 Å². The van der Waals surface area contributed by atoms with Crippen molar-refractivity contribution in [2.24, 2.45) is 0 Å². The van der Waals surface area contributed by atoms with E-state index in [2.05, 4.69) is 45.5 Å². The third kappa shape index (κ3) is 2.74. The molecule has 0 bridgehead atoms. The van der Waals surface area contributed by atoms with E-state index in [4.69, 9.17) is 4.74 Å². The van der Waals surface area contributed by atoms with Crippen molar-refractivity contribution in [1.82, 2.24) is 0 Å². The van der Waals surface area contributed by atoms with Crippen molar-refractivity contribution < 1.29 is 9.53 Å². The summed E-state index contributed by atoms with van der Waals surface area (Å²) in [7, 11) is 0. The van der Waals surface area contributed by atoms with Gasteiger partial charge in [0, 0.05) is 15.7 Å². The van der Waals surface area contributed by atoms with Crippen LogP contribution >= 0.6 is 15.9 Å². The molecule has 0 amide bonds. The van der Waals surface area contributed by atoms with Gasteiger partial charge in [-0.3, -0.25) is 4.79 Å². The van der Waals surface area contributed by atoms with Crippen LogP contribution < -0.4 is 5.32 Å². The number of ether oxygens (including phenoxy) is 1. The van der Waals surface area contributed by atoms with Crippen molar-refractivity contribution in [2.75, 3.05) is 5.32 Å². The fourth-order valence-electron chi connectivity index (χ4n) is 2.64. The molecule has 0 aromatic heterocycles. The normalized spacial score (nSPS) is 19.5. The minimum absolute atomic E-state index is 0.506. The number of benzene rings is 2. The first kappa shape index (κ1) is 14.3. The van der Waals surface area contributed by atoms with Crippen molar-refractivity contribution in [3.05, 3.63) is 52.5 Å². The maximum absolute atomic E-state index is 11.0. The number of halogens is 1. The van der Waals surface area contributed by atoms with Crippen molar-refractivity contribution >= 4 is 27.9 Å². The summed E-state index contributed by atoms with van der Waals surface area (Å²) in [6.07, 6.45) is 0.191. The van der Waals surface area contributed by atoms with Gasteiger partial charge >= 0.3 is 0 Å². The summed E-state index contributed by atoms with van der Waals surface area (Å²) in [6, 6.07) is 14.4. The lowest BCUT2D eigenvalue weighted by Crippen LogP contribution is -2.39. The molecule has 1 aliphatic heterocycles. The third-order valence-electron chi connectivity index (χ3n) is 3.67. The molecule has 0 saturated heterocycles. The molecule has 21 heavy (non-hydrogen) atoms. The van der Waals surface area contributed by atoms with E-state index < -0.39 is 11.8 Å². The zero-order chi connectivity index (χ0) is 15.0. The molecule has 1 unspecified atom stereocenters. The van der Waals surface area contributed by atoms with Crippen LogP contribution in [0.2, 0.25) is 0 Å². The van der Waals surface area contributed by atoms with Crippen molar-refractivity contribution in [1.29, 1.82) is 0 Å². The topological polar surface area (TPSA) is 38.3 Å². The molecule has 3 nitrogen and oxygen atoms in total. The summed E-state index contributed by atoms with van der Waals surface area (Å²) in [6.45, 7) is 3.96. The average Bonchev–Trinajstić information content (AvgIpc) is 2.46. The summed E-state index contributed by atoms with van der Waals surface area (Å²) < 4.78 is 6.82. The zero-order valence-corrected chi connectivity index (χ0v) is 13.5. The van der Waals surface area contributed by atoms with Crippen LogP contribution in [-0.4, -0.2) is 12.5 Å². The number of anilines is 1. The number of fused-ring (bicyclic) bond motifs is 1. The molecule has 108 valence electrons. The van der Waals surface area contributed by atoms with Crippen LogP contribution in [0.3, 0.4) is 0 Å². The quantitative estimate of drug-likeness (QED) is 0.823. The van der Waals surface area contributed by atoms with Crippen LogP contribution in [0.5, 0.6) is 0 Å². The van der Waals surface area contributed by atoms with Gasteiger partial charge in [-0.1, -0.05) is 34.1 Å². The largest absolute Gasteiger partial charge is 0.354 e. The van der Waals surface area contributed by atoms with Gasteiger partial charge in [0.25, 0.3) is 0 Å².